The Kier molecular flexibility index (Phi) is 22.2. The summed E-state index contributed by atoms with van der Waals surface area (Å²) in [5, 5.41) is 32.9. The van der Waals surface area contributed by atoms with E-state index in [2.05, 4.69) is 6.92 Å². The fourth-order valence-corrected chi connectivity index (χ4v) is 1.69. The van der Waals surface area contributed by atoms with Crippen LogP contribution in [0.3, 0.4) is 0 Å². The Balaban J connectivity index is -0.000000360. The van der Waals surface area contributed by atoms with Crippen LogP contribution in [0.4, 0.5) is 0 Å². The van der Waals surface area contributed by atoms with Crippen molar-refractivity contribution < 1.29 is 39.6 Å². The third kappa shape index (κ3) is 25.8. The summed E-state index contributed by atoms with van der Waals surface area (Å²) in [5.74, 6) is -3.83. The Labute approximate surface area is 171 Å². The van der Waals surface area contributed by atoms with Gasteiger partial charge in [0.25, 0.3) is 0 Å². The van der Waals surface area contributed by atoms with Gasteiger partial charge < -0.3 is 37.6 Å². The Bertz CT molecular complexity index is 474. The molecule has 3 unspecified atom stereocenters. The van der Waals surface area contributed by atoms with E-state index >= 15 is 0 Å². The lowest BCUT2D eigenvalue weighted by Gasteiger charge is -2.04. The van der Waals surface area contributed by atoms with E-state index in [9.17, 15) is 19.2 Å². The molecule has 0 aliphatic rings. The van der Waals surface area contributed by atoms with Crippen LogP contribution in [0.25, 0.3) is 0 Å². The molecule has 172 valence electrons. The normalized spacial score (nSPS) is 12.9. The topological polar surface area (TPSA) is 227 Å². The van der Waals surface area contributed by atoms with Crippen LogP contribution in [-0.2, 0) is 19.2 Å². The molecule has 0 spiro atoms. The van der Waals surface area contributed by atoms with Crippen LogP contribution in [0.5, 0.6) is 0 Å². The lowest BCUT2D eigenvalue weighted by molar-refractivity contribution is -0.140. The molecule has 0 saturated heterocycles. The summed E-state index contributed by atoms with van der Waals surface area (Å²) in [4.78, 5) is 40.1. The summed E-state index contributed by atoms with van der Waals surface area (Å²) in [6.07, 6.45) is 5.96. The fraction of sp³-hybridized carbons (Fsp3) is 0.778. The number of unbranched alkanes of at least 4 members (excludes halogenated alkanes) is 3. The highest BCUT2D eigenvalue weighted by Gasteiger charge is 2.11. The van der Waals surface area contributed by atoms with Gasteiger partial charge in [0.1, 0.15) is 18.1 Å². The molecule has 29 heavy (non-hydrogen) atoms. The van der Waals surface area contributed by atoms with Crippen LogP contribution in [0.15, 0.2) is 0 Å². The molecular formula is C18H37N3O8. The second kappa shape index (κ2) is 20.5. The van der Waals surface area contributed by atoms with Gasteiger partial charge in [0.2, 0.25) is 0 Å². The van der Waals surface area contributed by atoms with Crippen molar-refractivity contribution in [3.8, 4) is 0 Å². The van der Waals surface area contributed by atoms with Crippen molar-refractivity contribution in [1.82, 2.24) is 0 Å². The molecule has 0 aromatic rings. The maximum atomic E-state index is 10.2. The summed E-state index contributed by atoms with van der Waals surface area (Å²) in [6.45, 7) is 3.86. The van der Waals surface area contributed by atoms with Gasteiger partial charge in [-0.25, -0.2) is 0 Å². The molecule has 11 nitrogen and oxygen atoms in total. The van der Waals surface area contributed by atoms with Crippen LogP contribution in [0.1, 0.15) is 71.6 Å². The molecule has 0 amide bonds. The average molecular weight is 424 g/mol. The van der Waals surface area contributed by atoms with Gasteiger partial charge in [-0.2, -0.15) is 0 Å². The molecule has 0 aromatic carbocycles. The quantitative estimate of drug-likeness (QED) is 0.205. The van der Waals surface area contributed by atoms with E-state index in [-0.39, 0.29) is 12.8 Å². The van der Waals surface area contributed by atoms with E-state index in [0.717, 1.165) is 12.8 Å². The molecule has 0 saturated carbocycles. The number of carboxylic acids is 4. The number of hydrogen-bond acceptors (Lipinski definition) is 7. The lowest BCUT2D eigenvalue weighted by atomic mass is 10.1. The third-order valence-corrected chi connectivity index (χ3v) is 3.67. The second-order valence-electron chi connectivity index (χ2n) is 6.38. The summed E-state index contributed by atoms with van der Waals surface area (Å²) in [5.41, 5.74) is 15.4. The standard InChI is InChI=1S/C8H17NO2.C6H11NO4.C4H9NO2/c1-2-3-4-5-6-7(9)8(10)11;7-4(6(10)11)2-1-3-5(8)9;1-2-3(5)4(6)7/h7H,2-6,9H2,1H3,(H,10,11);4H,1-3,7H2,(H,8,9)(H,10,11);3H,2,5H2,1H3,(H,6,7). The Morgan fingerprint density at radius 2 is 1.07 bits per heavy atom. The van der Waals surface area contributed by atoms with E-state index < -0.39 is 42.0 Å². The zero-order valence-corrected chi connectivity index (χ0v) is 17.2. The Hall–Kier alpha value is -2.24. The summed E-state index contributed by atoms with van der Waals surface area (Å²) in [6, 6.07) is -2.28. The van der Waals surface area contributed by atoms with Crippen LogP contribution < -0.4 is 17.2 Å². The Morgan fingerprint density at radius 1 is 0.655 bits per heavy atom. The highest BCUT2D eigenvalue weighted by Crippen LogP contribution is 2.04. The molecule has 3 atom stereocenters. The molecule has 10 N–H and O–H groups in total. The minimum atomic E-state index is -1.09. The average Bonchev–Trinajstić information content (AvgIpc) is 2.64. The van der Waals surface area contributed by atoms with E-state index in [1.54, 1.807) is 6.92 Å². The van der Waals surface area contributed by atoms with E-state index in [1.807, 2.05) is 0 Å². The zero-order chi connectivity index (χ0) is 23.4. The van der Waals surface area contributed by atoms with Gasteiger partial charge in [0, 0.05) is 6.42 Å². The largest absolute Gasteiger partial charge is 0.481 e. The van der Waals surface area contributed by atoms with Crippen molar-refractivity contribution in [1.29, 1.82) is 0 Å². The highest BCUT2D eigenvalue weighted by atomic mass is 16.4. The van der Waals surface area contributed by atoms with Gasteiger partial charge in [0.05, 0.1) is 0 Å². The molecule has 0 aromatic heterocycles. The van der Waals surface area contributed by atoms with Gasteiger partial charge in [-0.1, -0.05) is 39.5 Å². The minimum absolute atomic E-state index is 0.0268. The van der Waals surface area contributed by atoms with Crippen LogP contribution in [0.2, 0.25) is 0 Å². The molecular weight excluding hydrogens is 386 g/mol. The number of hydrogen-bond donors (Lipinski definition) is 7. The molecule has 0 aliphatic carbocycles. The first kappa shape index (κ1) is 31.5. The Morgan fingerprint density at radius 3 is 1.34 bits per heavy atom. The highest BCUT2D eigenvalue weighted by molar-refractivity contribution is 5.73. The van der Waals surface area contributed by atoms with Crippen LogP contribution >= 0.6 is 0 Å². The first-order valence-corrected chi connectivity index (χ1v) is 9.57. The smallest absolute Gasteiger partial charge is 0.320 e. The predicted octanol–water partition coefficient (Wildman–Crippen LogP) is 0.830. The molecule has 0 radical (unpaired) electrons. The lowest BCUT2D eigenvalue weighted by Crippen LogP contribution is -2.29. The second-order valence-corrected chi connectivity index (χ2v) is 6.38. The van der Waals surface area contributed by atoms with Crippen molar-refractivity contribution in [2.24, 2.45) is 17.2 Å². The molecule has 0 bridgehead atoms. The number of carboxylic acid groups (broad SMARTS) is 4. The van der Waals surface area contributed by atoms with Gasteiger partial charge in [-0.15, -0.1) is 0 Å². The van der Waals surface area contributed by atoms with E-state index in [0.29, 0.717) is 19.3 Å². The number of aliphatic carboxylic acids is 4. The van der Waals surface area contributed by atoms with E-state index in [1.165, 1.54) is 12.8 Å². The molecule has 0 rings (SSSR count). The first-order valence-electron chi connectivity index (χ1n) is 9.57. The number of nitrogens with two attached hydrogens (primary N) is 3. The third-order valence-electron chi connectivity index (χ3n) is 3.67. The number of rotatable bonds is 13. The maximum Gasteiger partial charge on any atom is 0.320 e. The van der Waals surface area contributed by atoms with Crippen molar-refractivity contribution >= 4 is 23.9 Å². The number of carbonyl (C=O) groups is 4. The fourth-order valence-electron chi connectivity index (χ4n) is 1.69. The SMILES string of the molecule is CCC(N)C(=O)O.CCCCCCC(N)C(=O)O.NC(CCCC(=O)O)C(=O)O. The zero-order valence-electron chi connectivity index (χ0n) is 17.2. The van der Waals surface area contributed by atoms with Gasteiger partial charge in [0.15, 0.2) is 0 Å². The first-order chi connectivity index (χ1) is 13.4. The summed E-state index contributed by atoms with van der Waals surface area (Å²) >= 11 is 0. The minimum Gasteiger partial charge on any atom is -0.481 e. The summed E-state index contributed by atoms with van der Waals surface area (Å²) < 4.78 is 0. The van der Waals surface area contributed by atoms with Crippen molar-refractivity contribution in [2.45, 2.75) is 89.8 Å². The predicted molar refractivity (Wildman–Crippen MR) is 107 cm³/mol. The van der Waals surface area contributed by atoms with Crippen molar-refractivity contribution in [3.63, 3.8) is 0 Å². The van der Waals surface area contributed by atoms with E-state index in [4.69, 9.17) is 37.6 Å². The molecule has 0 heterocycles. The monoisotopic (exact) mass is 423 g/mol. The molecule has 0 aliphatic heterocycles. The van der Waals surface area contributed by atoms with Crippen LogP contribution in [0, 0.1) is 0 Å². The summed E-state index contributed by atoms with van der Waals surface area (Å²) in [7, 11) is 0. The van der Waals surface area contributed by atoms with Crippen molar-refractivity contribution in [3.05, 3.63) is 0 Å². The van der Waals surface area contributed by atoms with Gasteiger partial charge in [-0.3, -0.25) is 19.2 Å². The maximum absolute atomic E-state index is 10.2. The molecule has 11 heteroatoms. The molecule has 0 fully saturated rings. The van der Waals surface area contributed by atoms with Crippen molar-refractivity contribution in [2.75, 3.05) is 0 Å². The van der Waals surface area contributed by atoms with Crippen LogP contribution in [-0.4, -0.2) is 62.4 Å². The van der Waals surface area contributed by atoms with Gasteiger partial charge >= 0.3 is 23.9 Å². The van der Waals surface area contributed by atoms with Gasteiger partial charge in [-0.05, 0) is 25.7 Å².